The van der Waals surface area contributed by atoms with Crippen LogP contribution in [-0.2, 0) is 9.47 Å². The van der Waals surface area contributed by atoms with E-state index in [1.54, 1.807) is 14.2 Å². The number of unbranched alkanes of at least 4 members (excludes halogenated alkanes) is 1. The van der Waals surface area contributed by atoms with Gasteiger partial charge in [-0.1, -0.05) is 6.58 Å². The van der Waals surface area contributed by atoms with Gasteiger partial charge >= 0.3 is 0 Å². The van der Waals surface area contributed by atoms with Crippen molar-refractivity contribution in [3.8, 4) is 0 Å². The highest BCUT2D eigenvalue weighted by molar-refractivity contribution is 4.91. The Morgan fingerprint density at radius 2 is 1.79 bits per heavy atom. The lowest BCUT2D eigenvalue weighted by atomic mass is 10.2. The number of allylic oxidation sites excluding steroid dienone is 1. The topological polar surface area (TPSA) is 21.7 Å². The predicted molar refractivity (Wildman–Crippen MR) is 59.4 cm³/mol. The van der Waals surface area contributed by atoms with Crippen LogP contribution in [0.5, 0.6) is 0 Å². The highest BCUT2D eigenvalue weighted by atomic mass is 16.5. The molecule has 0 unspecified atom stereocenters. The molecule has 0 amide bonds. The summed E-state index contributed by atoms with van der Waals surface area (Å²) >= 11 is 0. The van der Waals surface area contributed by atoms with Crippen LogP contribution < -0.4 is 0 Å². The van der Waals surface area contributed by atoms with E-state index in [0.717, 1.165) is 39.0 Å². The second-order valence-corrected chi connectivity index (χ2v) is 3.43. The van der Waals surface area contributed by atoms with E-state index in [2.05, 4.69) is 18.5 Å². The Labute approximate surface area is 87.7 Å². The van der Waals surface area contributed by atoms with E-state index in [0.29, 0.717) is 0 Å². The summed E-state index contributed by atoms with van der Waals surface area (Å²) in [5.41, 5.74) is 1.18. The first-order chi connectivity index (χ1) is 6.72. The van der Waals surface area contributed by atoms with Gasteiger partial charge in [0, 0.05) is 40.1 Å². The molecule has 0 aromatic heterocycles. The molecular formula is C11H23NO2. The molecule has 0 N–H and O–H groups in total. The maximum atomic E-state index is 5.00. The molecule has 0 heterocycles. The van der Waals surface area contributed by atoms with Gasteiger partial charge in [0.2, 0.25) is 0 Å². The summed E-state index contributed by atoms with van der Waals surface area (Å²) in [6.45, 7) is 6.55. The fourth-order valence-electron chi connectivity index (χ4n) is 1.15. The molecular weight excluding hydrogens is 178 g/mol. The summed E-state index contributed by atoms with van der Waals surface area (Å²) in [6, 6.07) is 0. The van der Waals surface area contributed by atoms with Crippen molar-refractivity contribution >= 4 is 0 Å². The molecule has 0 aliphatic carbocycles. The molecule has 0 saturated carbocycles. The van der Waals surface area contributed by atoms with Crippen molar-refractivity contribution in [2.75, 3.05) is 41.0 Å². The van der Waals surface area contributed by atoms with Gasteiger partial charge < -0.3 is 14.4 Å². The van der Waals surface area contributed by atoms with Gasteiger partial charge in [-0.05, 0) is 19.3 Å². The standard InChI is InChI=1S/C11H23NO2/c1-11(7-5-6-9-13-3)12(2)8-10-14-4/h1,5-10H2,2-4H3. The van der Waals surface area contributed by atoms with E-state index in [4.69, 9.17) is 9.47 Å². The zero-order valence-electron chi connectivity index (χ0n) is 9.71. The summed E-state index contributed by atoms with van der Waals surface area (Å²) in [5, 5.41) is 0. The Morgan fingerprint density at radius 1 is 1.14 bits per heavy atom. The first-order valence-corrected chi connectivity index (χ1v) is 5.09. The molecule has 0 aromatic carbocycles. The Balaban J connectivity index is 3.42. The van der Waals surface area contributed by atoms with Gasteiger partial charge in [0.1, 0.15) is 0 Å². The van der Waals surface area contributed by atoms with Crippen molar-refractivity contribution in [3.05, 3.63) is 12.3 Å². The van der Waals surface area contributed by atoms with Crippen LogP contribution in [0.2, 0.25) is 0 Å². The number of hydrogen-bond acceptors (Lipinski definition) is 3. The largest absolute Gasteiger partial charge is 0.385 e. The highest BCUT2D eigenvalue weighted by Gasteiger charge is 2.00. The van der Waals surface area contributed by atoms with Gasteiger partial charge in [-0.15, -0.1) is 0 Å². The van der Waals surface area contributed by atoms with Gasteiger partial charge in [-0.2, -0.15) is 0 Å². The molecule has 0 aromatic rings. The van der Waals surface area contributed by atoms with E-state index in [-0.39, 0.29) is 0 Å². The fourth-order valence-corrected chi connectivity index (χ4v) is 1.15. The van der Waals surface area contributed by atoms with E-state index >= 15 is 0 Å². The Kier molecular flexibility index (Phi) is 8.68. The molecule has 0 spiro atoms. The average Bonchev–Trinajstić information content (AvgIpc) is 2.20. The van der Waals surface area contributed by atoms with Crippen molar-refractivity contribution in [2.45, 2.75) is 19.3 Å². The van der Waals surface area contributed by atoms with Crippen LogP contribution in [0.4, 0.5) is 0 Å². The predicted octanol–water partition coefficient (Wildman–Crippen LogP) is 1.89. The molecule has 0 aliphatic rings. The Morgan fingerprint density at radius 3 is 2.36 bits per heavy atom. The van der Waals surface area contributed by atoms with E-state index in [9.17, 15) is 0 Å². The van der Waals surface area contributed by atoms with Crippen molar-refractivity contribution in [2.24, 2.45) is 0 Å². The number of nitrogens with zero attached hydrogens (tertiary/aromatic N) is 1. The minimum atomic E-state index is 0.758. The van der Waals surface area contributed by atoms with Crippen LogP contribution >= 0.6 is 0 Å². The molecule has 0 atom stereocenters. The normalized spacial score (nSPS) is 10.2. The maximum Gasteiger partial charge on any atom is 0.0637 e. The minimum absolute atomic E-state index is 0.758. The molecule has 14 heavy (non-hydrogen) atoms. The lowest BCUT2D eigenvalue weighted by Crippen LogP contribution is -2.21. The molecule has 0 fully saturated rings. The number of rotatable bonds is 9. The second-order valence-electron chi connectivity index (χ2n) is 3.43. The molecule has 0 bridgehead atoms. The van der Waals surface area contributed by atoms with Gasteiger partial charge in [-0.3, -0.25) is 0 Å². The molecule has 0 saturated heterocycles. The average molecular weight is 201 g/mol. The summed E-state index contributed by atoms with van der Waals surface area (Å²) in [4.78, 5) is 2.15. The molecule has 0 radical (unpaired) electrons. The van der Waals surface area contributed by atoms with Crippen molar-refractivity contribution < 1.29 is 9.47 Å². The fraction of sp³-hybridized carbons (Fsp3) is 0.818. The third kappa shape index (κ3) is 6.92. The number of likely N-dealkylation sites (N-methyl/N-ethyl adjacent to an activating group) is 1. The maximum absolute atomic E-state index is 5.00. The van der Waals surface area contributed by atoms with Gasteiger partial charge in [0.05, 0.1) is 6.61 Å². The minimum Gasteiger partial charge on any atom is -0.385 e. The van der Waals surface area contributed by atoms with Crippen LogP contribution in [0.15, 0.2) is 12.3 Å². The second kappa shape index (κ2) is 9.03. The van der Waals surface area contributed by atoms with Crippen LogP contribution in [0.25, 0.3) is 0 Å². The SMILES string of the molecule is C=C(CCCCOC)N(C)CCOC. The number of ether oxygens (including phenoxy) is 2. The lowest BCUT2D eigenvalue weighted by molar-refractivity contribution is 0.171. The Hall–Kier alpha value is -0.540. The summed E-state index contributed by atoms with van der Waals surface area (Å²) in [5.74, 6) is 0. The molecule has 3 heteroatoms. The van der Waals surface area contributed by atoms with Gasteiger partial charge in [-0.25, -0.2) is 0 Å². The van der Waals surface area contributed by atoms with Crippen LogP contribution in [-0.4, -0.2) is 45.9 Å². The van der Waals surface area contributed by atoms with Gasteiger partial charge in [0.25, 0.3) is 0 Å². The molecule has 0 aliphatic heterocycles. The van der Waals surface area contributed by atoms with Gasteiger partial charge in [0.15, 0.2) is 0 Å². The highest BCUT2D eigenvalue weighted by Crippen LogP contribution is 2.08. The molecule has 3 nitrogen and oxygen atoms in total. The third-order valence-corrected chi connectivity index (χ3v) is 2.23. The van der Waals surface area contributed by atoms with Crippen molar-refractivity contribution in [1.82, 2.24) is 4.90 Å². The van der Waals surface area contributed by atoms with Crippen LogP contribution in [0.3, 0.4) is 0 Å². The summed E-state index contributed by atoms with van der Waals surface area (Å²) in [7, 11) is 5.51. The number of hydrogen-bond donors (Lipinski definition) is 0. The third-order valence-electron chi connectivity index (χ3n) is 2.23. The Bertz CT molecular complexity index is 148. The first-order valence-electron chi connectivity index (χ1n) is 5.09. The zero-order valence-corrected chi connectivity index (χ0v) is 9.71. The van der Waals surface area contributed by atoms with Crippen LogP contribution in [0.1, 0.15) is 19.3 Å². The first kappa shape index (κ1) is 13.5. The molecule has 84 valence electrons. The van der Waals surface area contributed by atoms with E-state index in [1.807, 2.05) is 0 Å². The summed E-state index contributed by atoms with van der Waals surface area (Å²) in [6.07, 6.45) is 3.29. The van der Waals surface area contributed by atoms with Crippen LogP contribution in [0, 0.1) is 0 Å². The van der Waals surface area contributed by atoms with E-state index < -0.39 is 0 Å². The van der Waals surface area contributed by atoms with Crippen molar-refractivity contribution in [1.29, 1.82) is 0 Å². The zero-order chi connectivity index (χ0) is 10.8. The lowest BCUT2D eigenvalue weighted by Gasteiger charge is -2.21. The number of methoxy groups -OCH3 is 2. The summed E-state index contributed by atoms with van der Waals surface area (Å²) < 4.78 is 9.99. The smallest absolute Gasteiger partial charge is 0.0637 e. The monoisotopic (exact) mass is 201 g/mol. The molecule has 0 rings (SSSR count). The quantitative estimate of drug-likeness (QED) is 0.532. The van der Waals surface area contributed by atoms with Crippen molar-refractivity contribution in [3.63, 3.8) is 0 Å². The van der Waals surface area contributed by atoms with E-state index in [1.165, 1.54) is 5.70 Å².